The van der Waals surface area contributed by atoms with Crippen molar-refractivity contribution in [3.05, 3.63) is 99.0 Å². The van der Waals surface area contributed by atoms with E-state index >= 15 is 0 Å². The van der Waals surface area contributed by atoms with Crippen molar-refractivity contribution >= 4 is 44.8 Å². The van der Waals surface area contributed by atoms with Crippen LogP contribution in [0.25, 0.3) is 5.76 Å². The Labute approximate surface area is 214 Å². The van der Waals surface area contributed by atoms with Crippen LogP contribution in [0.5, 0.6) is 0 Å². The van der Waals surface area contributed by atoms with Crippen molar-refractivity contribution in [1.29, 1.82) is 0 Å². The Hall–Kier alpha value is -3.38. The number of nitrogens with zero attached hydrogens (tertiary/aromatic N) is 2. The van der Waals surface area contributed by atoms with E-state index in [2.05, 4.69) is 34.7 Å². The molecule has 0 bridgehead atoms. The number of aryl methyl sites for hydroxylation is 2. The normalized spacial score (nSPS) is 17.2. The molecule has 1 aliphatic heterocycles. The molecule has 1 heterocycles. The minimum Gasteiger partial charge on any atom is -0.507 e. The third kappa shape index (κ3) is 4.63. The topological polar surface area (TPSA) is 60.9 Å². The molecule has 1 atom stereocenters. The van der Waals surface area contributed by atoms with Crippen LogP contribution >= 0.6 is 15.9 Å². The number of amides is 1. The first-order chi connectivity index (χ1) is 16.8. The average molecular weight is 533 g/mol. The van der Waals surface area contributed by atoms with E-state index in [9.17, 15) is 14.7 Å². The number of carbonyl (C=O) groups excluding carboxylic acids is 2. The lowest BCUT2D eigenvalue weighted by atomic mass is 9.94. The first-order valence-corrected chi connectivity index (χ1v) is 12.5. The van der Waals surface area contributed by atoms with Gasteiger partial charge in [0.25, 0.3) is 11.7 Å². The zero-order chi connectivity index (χ0) is 25.3. The number of rotatable bonds is 6. The molecule has 6 heteroatoms. The predicted octanol–water partition coefficient (Wildman–Crippen LogP) is 6.54. The van der Waals surface area contributed by atoms with Gasteiger partial charge in [0.2, 0.25) is 0 Å². The van der Waals surface area contributed by atoms with Gasteiger partial charge in [0.05, 0.1) is 11.6 Å². The number of hydrogen-bond acceptors (Lipinski definition) is 4. The minimum atomic E-state index is -0.738. The third-order valence-electron chi connectivity index (χ3n) is 6.49. The molecule has 3 aromatic rings. The SMILES string of the molecule is CCN(CC)c1ccc(N2C(=O)C(=O)/C(=C(\O)c3ccc(Br)c(C)c3)C2c2cccc(C)c2)cc1. The summed E-state index contributed by atoms with van der Waals surface area (Å²) < 4.78 is 0.901. The average Bonchev–Trinajstić information content (AvgIpc) is 3.12. The maximum atomic E-state index is 13.4. The smallest absolute Gasteiger partial charge is 0.300 e. The second-order valence-corrected chi connectivity index (χ2v) is 9.59. The van der Waals surface area contributed by atoms with E-state index in [4.69, 9.17) is 0 Å². The molecule has 4 rings (SSSR count). The van der Waals surface area contributed by atoms with Crippen LogP contribution in [0, 0.1) is 13.8 Å². The van der Waals surface area contributed by atoms with Gasteiger partial charge in [-0.15, -0.1) is 0 Å². The van der Waals surface area contributed by atoms with Crippen molar-refractivity contribution in [1.82, 2.24) is 0 Å². The number of hydrogen-bond donors (Lipinski definition) is 1. The molecule has 35 heavy (non-hydrogen) atoms. The lowest BCUT2D eigenvalue weighted by Gasteiger charge is -2.27. The quantitative estimate of drug-likeness (QED) is 0.222. The Balaban J connectivity index is 1.89. The van der Waals surface area contributed by atoms with E-state index in [1.165, 1.54) is 4.90 Å². The molecule has 1 unspecified atom stereocenters. The summed E-state index contributed by atoms with van der Waals surface area (Å²) in [5.74, 6) is -1.52. The van der Waals surface area contributed by atoms with Crippen molar-refractivity contribution in [2.45, 2.75) is 33.7 Å². The number of benzene rings is 3. The fraction of sp³-hybridized carbons (Fsp3) is 0.241. The van der Waals surface area contributed by atoms with Crippen LogP contribution in [0.4, 0.5) is 11.4 Å². The fourth-order valence-electron chi connectivity index (χ4n) is 4.61. The number of aliphatic hydroxyl groups is 1. The number of Topliss-reactive ketones (excluding diaryl/α,β-unsaturated/α-hetero) is 1. The highest BCUT2D eigenvalue weighted by Crippen LogP contribution is 2.42. The van der Waals surface area contributed by atoms with Gasteiger partial charge in [0.15, 0.2) is 0 Å². The third-order valence-corrected chi connectivity index (χ3v) is 7.38. The van der Waals surface area contributed by atoms with Crippen LogP contribution in [0.1, 0.15) is 42.1 Å². The van der Waals surface area contributed by atoms with Gasteiger partial charge in [-0.05, 0) is 75.2 Å². The number of carbonyl (C=O) groups is 2. The standard InChI is InChI=1S/C29H29BrN2O3/c1-5-31(6-2)22-11-13-23(14-12-22)32-26(20-9-7-8-18(3)16-20)25(28(34)29(32)35)27(33)21-10-15-24(30)19(4)17-21/h7-17,26,33H,5-6H2,1-4H3/b27-25-. The molecule has 5 nitrogen and oxygen atoms in total. The van der Waals surface area contributed by atoms with Gasteiger partial charge >= 0.3 is 0 Å². The first-order valence-electron chi connectivity index (χ1n) is 11.8. The lowest BCUT2D eigenvalue weighted by Crippen LogP contribution is -2.29. The molecule has 1 saturated heterocycles. The van der Waals surface area contributed by atoms with Crippen molar-refractivity contribution in [2.24, 2.45) is 0 Å². The van der Waals surface area contributed by atoms with Crippen molar-refractivity contribution < 1.29 is 14.7 Å². The number of halogens is 1. The Kier molecular flexibility index (Phi) is 7.13. The van der Waals surface area contributed by atoms with E-state index in [0.717, 1.165) is 39.9 Å². The molecular weight excluding hydrogens is 504 g/mol. The van der Waals surface area contributed by atoms with Crippen molar-refractivity contribution in [3.8, 4) is 0 Å². The monoisotopic (exact) mass is 532 g/mol. The summed E-state index contributed by atoms with van der Waals surface area (Å²) >= 11 is 3.48. The summed E-state index contributed by atoms with van der Waals surface area (Å²) in [5.41, 5.74) is 4.95. The molecule has 1 amide bonds. The molecular formula is C29H29BrN2O3. The summed E-state index contributed by atoms with van der Waals surface area (Å²) in [6, 6.07) is 20.0. The first kappa shape index (κ1) is 24.7. The van der Waals surface area contributed by atoms with Crippen molar-refractivity contribution in [2.75, 3.05) is 22.9 Å². The van der Waals surface area contributed by atoms with Gasteiger partial charge in [-0.1, -0.05) is 51.8 Å². The van der Waals surface area contributed by atoms with E-state index < -0.39 is 17.7 Å². The molecule has 0 spiro atoms. The molecule has 1 aliphatic rings. The van der Waals surface area contributed by atoms with Crippen LogP contribution in [0.15, 0.2) is 76.8 Å². The van der Waals surface area contributed by atoms with E-state index in [0.29, 0.717) is 11.3 Å². The molecule has 0 aliphatic carbocycles. The molecule has 3 aromatic carbocycles. The van der Waals surface area contributed by atoms with Gasteiger partial charge < -0.3 is 10.0 Å². The summed E-state index contributed by atoms with van der Waals surface area (Å²) in [6.45, 7) is 9.81. The fourth-order valence-corrected chi connectivity index (χ4v) is 4.86. The molecule has 0 radical (unpaired) electrons. The van der Waals surface area contributed by atoms with Gasteiger partial charge in [-0.2, -0.15) is 0 Å². The largest absolute Gasteiger partial charge is 0.507 e. The van der Waals surface area contributed by atoms with Crippen LogP contribution in [-0.2, 0) is 9.59 Å². The number of anilines is 2. The summed E-state index contributed by atoms with van der Waals surface area (Å²) in [4.78, 5) is 30.5. The Morgan fingerprint density at radius 1 is 0.971 bits per heavy atom. The number of aliphatic hydroxyl groups excluding tert-OH is 1. The van der Waals surface area contributed by atoms with Gasteiger partial charge in [0, 0.05) is 34.5 Å². The van der Waals surface area contributed by atoms with Gasteiger partial charge in [-0.25, -0.2) is 0 Å². The van der Waals surface area contributed by atoms with E-state index in [-0.39, 0.29) is 11.3 Å². The maximum Gasteiger partial charge on any atom is 0.300 e. The molecule has 1 N–H and O–H groups in total. The van der Waals surface area contributed by atoms with Crippen LogP contribution in [0.2, 0.25) is 0 Å². The van der Waals surface area contributed by atoms with Crippen LogP contribution in [-0.4, -0.2) is 29.9 Å². The van der Waals surface area contributed by atoms with Crippen LogP contribution in [0.3, 0.4) is 0 Å². The molecule has 0 saturated carbocycles. The maximum absolute atomic E-state index is 13.4. The summed E-state index contributed by atoms with van der Waals surface area (Å²) in [6.07, 6.45) is 0. The highest BCUT2D eigenvalue weighted by atomic mass is 79.9. The van der Waals surface area contributed by atoms with Crippen molar-refractivity contribution in [3.63, 3.8) is 0 Å². The second kappa shape index (κ2) is 10.1. The molecule has 180 valence electrons. The molecule has 0 aromatic heterocycles. The van der Waals surface area contributed by atoms with E-state index in [1.54, 1.807) is 12.1 Å². The van der Waals surface area contributed by atoms with Crippen LogP contribution < -0.4 is 9.80 Å². The number of ketones is 1. The predicted molar refractivity (Wildman–Crippen MR) is 145 cm³/mol. The molecule has 1 fully saturated rings. The zero-order valence-electron chi connectivity index (χ0n) is 20.4. The Morgan fingerprint density at radius 2 is 1.66 bits per heavy atom. The highest BCUT2D eigenvalue weighted by molar-refractivity contribution is 9.10. The summed E-state index contributed by atoms with van der Waals surface area (Å²) in [7, 11) is 0. The zero-order valence-corrected chi connectivity index (χ0v) is 22.0. The Bertz CT molecular complexity index is 1310. The Morgan fingerprint density at radius 3 is 2.26 bits per heavy atom. The van der Waals surface area contributed by atoms with Gasteiger partial charge in [0.1, 0.15) is 5.76 Å². The van der Waals surface area contributed by atoms with Gasteiger partial charge in [-0.3, -0.25) is 14.5 Å². The minimum absolute atomic E-state index is 0.0927. The second-order valence-electron chi connectivity index (χ2n) is 8.74. The van der Waals surface area contributed by atoms with E-state index in [1.807, 2.05) is 68.4 Å². The summed E-state index contributed by atoms with van der Waals surface area (Å²) in [5, 5.41) is 11.3. The highest BCUT2D eigenvalue weighted by Gasteiger charge is 2.47. The lowest BCUT2D eigenvalue weighted by molar-refractivity contribution is -0.132.